The Hall–Kier alpha value is -1.81. The lowest BCUT2D eigenvalue weighted by Crippen LogP contribution is -2.11. The minimum atomic E-state index is -4.01. The highest BCUT2D eigenvalue weighted by molar-refractivity contribution is 7.94. The highest BCUT2D eigenvalue weighted by Crippen LogP contribution is 2.37. The summed E-state index contributed by atoms with van der Waals surface area (Å²) < 4.78 is 26.8. The minimum Gasteiger partial charge on any atom is -0.358 e. The van der Waals surface area contributed by atoms with E-state index in [1.165, 1.54) is 6.20 Å². The van der Waals surface area contributed by atoms with Crippen molar-refractivity contribution in [2.24, 2.45) is 0 Å². The van der Waals surface area contributed by atoms with Crippen LogP contribution in [-0.4, -0.2) is 18.3 Å². The number of hydrogen-bond acceptors (Lipinski definition) is 5. The Labute approximate surface area is 144 Å². The summed E-state index contributed by atoms with van der Waals surface area (Å²) in [6.45, 7) is 0. The van der Waals surface area contributed by atoms with Gasteiger partial charge >= 0.3 is 0 Å². The average molecular weight is 392 g/mol. The molecule has 0 atom stereocenters. The fraction of sp³-hybridized carbons (Fsp3) is 0. The van der Waals surface area contributed by atoms with Crippen molar-refractivity contribution in [3.63, 3.8) is 0 Å². The number of nitro groups is 1. The van der Waals surface area contributed by atoms with Crippen LogP contribution in [-0.2, 0) is 10.0 Å². The number of aromatic nitrogens is 1. The fourth-order valence-electron chi connectivity index (χ4n) is 2.00. The van der Waals surface area contributed by atoms with E-state index in [1.807, 2.05) is 0 Å². The van der Waals surface area contributed by atoms with Gasteiger partial charge in [-0.15, -0.1) is 11.3 Å². The Morgan fingerprint density at radius 2 is 2.04 bits per heavy atom. The molecule has 0 unspecified atom stereocenters. The predicted molar refractivity (Wildman–Crippen MR) is 90.1 cm³/mol. The Morgan fingerprint density at radius 1 is 1.30 bits per heavy atom. The van der Waals surface area contributed by atoms with E-state index in [9.17, 15) is 18.5 Å². The number of hydrogen-bond donors (Lipinski definition) is 2. The van der Waals surface area contributed by atoms with Gasteiger partial charge in [0.05, 0.1) is 21.2 Å². The molecule has 3 rings (SSSR count). The molecule has 23 heavy (non-hydrogen) atoms. The van der Waals surface area contributed by atoms with Gasteiger partial charge in [-0.1, -0.05) is 35.3 Å². The number of para-hydroxylation sites is 1. The third kappa shape index (κ3) is 2.88. The van der Waals surface area contributed by atoms with Crippen molar-refractivity contribution in [2.45, 2.75) is 4.21 Å². The number of nitrogens with zero attached hydrogens (tertiary/aromatic N) is 1. The average Bonchev–Trinajstić information content (AvgIpc) is 3.04. The van der Waals surface area contributed by atoms with E-state index in [0.717, 1.165) is 6.07 Å². The zero-order valence-electron chi connectivity index (χ0n) is 11.0. The van der Waals surface area contributed by atoms with Crippen LogP contribution in [0.25, 0.3) is 10.9 Å². The van der Waals surface area contributed by atoms with Crippen LogP contribution in [0.4, 0.5) is 11.4 Å². The SMILES string of the molecule is O=[N+]([O-])c1cc(S(=O)(=O)Nc2cccc3c(Cl)c[nH]c23)sc1Cl. The topological polar surface area (TPSA) is 105 Å². The molecule has 0 aliphatic carbocycles. The van der Waals surface area contributed by atoms with Crippen molar-refractivity contribution in [3.8, 4) is 0 Å². The Balaban J connectivity index is 2.03. The molecule has 0 bridgehead atoms. The lowest BCUT2D eigenvalue weighted by molar-refractivity contribution is -0.384. The number of benzene rings is 1. The molecule has 0 saturated carbocycles. The first-order valence-electron chi connectivity index (χ1n) is 6.02. The first-order valence-corrected chi connectivity index (χ1v) is 9.07. The van der Waals surface area contributed by atoms with Gasteiger partial charge in [-0.3, -0.25) is 14.8 Å². The van der Waals surface area contributed by atoms with Crippen LogP contribution < -0.4 is 4.72 Å². The molecule has 0 aliphatic heterocycles. The molecule has 0 radical (unpaired) electrons. The molecule has 7 nitrogen and oxygen atoms in total. The maximum atomic E-state index is 12.4. The van der Waals surface area contributed by atoms with Gasteiger partial charge in [-0.2, -0.15) is 0 Å². The molecule has 0 fully saturated rings. The summed E-state index contributed by atoms with van der Waals surface area (Å²) in [4.78, 5) is 12.9. The van der Waals surface area contributed by atoms with Crippen molar-refractivity contribution in [1.82, 2.24) is 4.98 Å². The van der Waals surface area contributed by atoms with E-state index >= 15 is 0 Å². The number of sulfonamides is 1. The highest BCUT2D eigenvalue weighted by atomic mass is 35.5. The van der Waals surface area contributed by atoms with Crippen LogP contribution in [0.15, 0.2) is 34.7 Å². The van der Waals surface area contributed by atoms with Crippen molar-refractivity contribution >= 4 is 66.8 Å². The molecular formula is C12H7Cl2N3O4S2. The first-order chi connectivity index (χ1) is 10.8. The van der Waals surface area contributed by atoms with Crippen LogP contribution in [0.2, 0.25) is 9.36 Å². The smallest absolute Gasteiger partial charge is 0.300 e. The lowest BCUT2D eigenvalue weighted by atomic mass is 10.2. The monoisotopic (exact) mass is 391 g/mol. The van der Waals surface area contributed by atoms with Crippen molar-refractivity contribution in [1.29, 1.82) is 0 Å². The van der Waals surface area contributed by atoms with Crippen LogP contribution in [0.1, 0.15) is 0 Å². The Morgan fingerprint density at radius 3 is 2.70 bits per heavy atom. The van der Waals surface area contributed by atoms with Gasteiger partial charge in [0.15, 0.2) is 4.34 Å². The van der Waals surface area contributed by atoms with Gasteiger partial charge < -0.3 is 4.98 Å². The van der Waals surface area contributed by atoms with Crippen LogP contribution in [0.5, 0.6) is 0 Å². The highest BCUT2D eigenvalue weighted by Gasteiger charge is 2.26. The van der Waals surface area contributed by atoms with Crippen LogP contribution in [0.3, 0.4) is 0 Å². The molecule has 2 heterocycles. The Kier molecular flexibility index (Phi) is 3.96. The zero-order valence-corrected chi connectivity index (χ0v) is 14.2. The quantitative estimate of drug-likeness (QED) is 0.512. The molecule has 0 amide bonds. The minimum absolute atomic E-state index is 0.198. The molecule has 2 aromatic heterocycles. The van der Waals surface area contributed by atoms with Gasteiger partial charge in [0, 0.05) is 17.6 Å². The number of thiophene rings is 1. The number of nitrogens with one attached hydrogen (secondary N) is 2. The lowest BCUT2D eigenvalue weighted by Gasteiger charge is -2.07. The molecule has 1 aromatic carbocycles. The zero-order chi connectivity index (χ0) is 16.8. The van der Waals surface area contributed by atoms with E-state index < -0.39 is 20.6 Å². The molecule has 2 N–H and O–H groups in total. The summed E-state index contributed by atoms with van der Waals surface area (Å²) >= 11 is 12.3. The maximum Gasteiger partial charge on any atom is 0.300 e. The second-order valence-corrected chi connectivity index (χ2v) is 8.42. The molecule has 0 spiro atoms. The summed E-state index contributed by atoms with van der Waals surface area (Å²) in [7, 11) is -4.01. The third-order valence-electron chi connectivity index (χ3n) is 3.02. The third-order valence-corrected chi connectivity index (χ3v) is 6.51. The summed E-state index contributed by atoms with van der Waals surface area (Å²) in [6, 6.07) is 5.86. The summed E-state index contributed by atoms with van der Waals surface area (Å²) in [5.74, 6) is 0. The molecule has 11 heteroatoms. The van der Waals surface area contributed by atoms with Crippen molar-refractivity contribution in [3.05, 3.63) is 49.9 Å². The number of halogens is 2. The summed E-state index contributed by atoms with van der Waals surface area (Å²) in [6.07, 6.45) is 1.54. The normalized spacial score (nSPS) is 11.7. The van der Waals surface area contributed by atoms with Gasteiger partial charge in [-0.25, -0.2) is 8.42 Å². The Bertz CT molecular complexity index is 1030. The van der Waals surface area contributed by atoms with Crippen LogP contribution >= 0.6 is 34.5 Å². The van der Waals surface area contributed by atoms with E-state index in [4.69, 9.17) is 23.2 Å². The van der Waals surface area contributed by atoms with E-state index in [-0.39, 0.29) is 14.2 Å². The van der Waals surface area contributed by atoms with E-state index in [0.29, 0.717) is 27.3 Å². The largest absolute Gasteiger partial charge is 0.358 e. The molecule has 120 valence electrons. The molecule has 3 aromatic rings. The second kappa shape index (κ2) is 5.68. The summed E-state index contributed by atoms with van der Waals surface area (Å²) in [5.41, 5.74) is 0.345. The van der Waals surface area contributed by atoms with Gasteiger partial charge in [0.2, 0.25) is 0 Å². The van der Waals surface area contributed by atoms with Crippen molar-refractivity contribution in [2.75, 3.05) is 4.72 Å². The van der Waals surface area contributed by atoms with Crippen LogP contribution in [0, 0.1) is 10.1 Å². The maximum absolute atomic E-state index is 12.4. The van der Waals surface area contributed by atoms with Gasteiger partial charge in [0.25, 0.3) is 15.7 Å². The molecule has 0 saturated heterocycles. The van der Waals surface area contributed by atoms with Crippen molar-refractivity contribution < 1.29 is 13.3 Å². The number of anilines is 1. The fourth-order valence-corrected chi connectivity index (χ4v) is 4.94. The molecule has 0 aliphatic rings. The summed E-state index contributed by atoms with van der Waals surface area (Å²) in [5, 5.41) is 11.9. The van der Waals surface area contributed by atoms with E-state index in [2.05, 4.69) is 9.71 Å². The van der Waals surface area contributed by atoms with Gasteiger partial charge in [-0.05, 0) is 6.07 Å². The molecular weight excluding hydrogens is 385 g/mol. The number of rotatable bonds is 4. The number of H-pyrrole nitrogens is 1. The number of fused-ring (bicyclic) bond motifs is 1. The standard InChI is InChI=1S/C12H7Cl2N3O4S2/c13-7-5-15-11-6(7)2-1-3-8(11)16-23(20,21)10-4-9(17(18)19)12(14)22-10/h1-5,15-16H. The predicted octanol–water partition coefficient (Wildman–Crippen LogP) is 4.25. The van der Waals surface area contributed by atoms with E-state index in [1.54, 1.807) is 18.2 Å². The van der Waals surface area contributed by atoms with Gasteiger partial charge in [0.1, 0.15) is 4.21 Å². The first kappa shape index (κ1) is 16.1. The second-order valence-electron chi connectivity index (χ2n) is 4.45. The number of aromatic amines is 1.